The molecule has 2 amide bonds. The minimum Gasteiger partial charge on any atom is -0.341 e. The van der Waals surface area contributed by atoms with Crippen molar-refractivity contribution in [1.82, 2.24) is 5.32 Å². The number of carbonyl (C=O) groups excluding carboxylic acids is 2. The minimum atomic E-state index is -0.624. The SMILES string of the molecule is CCC(C)c1ccccc1NC(=O)C(=O)NC(C)c1ccc2c(c1)CCCC2. The second kappa shape index (κ2) is 9.05. The number of hydrogen-bond donors (Lipinski definition) is 2. The number of amides is 2. The molecule has 4 heteroatoms. The molecule has 0 bridgehead atoms. The van der Waals surface area contributed by atoms with Crippen molar-refractivity contribution in [3.05, 3.63) is 64.7 Å². The van der Waals surface area contributed by atoms with Crippen LogP contribution >= 0.6 is 0 Å². The molecule has 0 saturated heterocycles. The highest BCUT2D eigenvalue weighted by Crippen LogP contribution is 2.27. The maximum Gasteiger partial charge on any atom is 0.313 e. The summed E-state index contributed by atoms with van der Waals surface area (Å²) in [5.41, 5.74) is 5.58. The molecule has 2 atom stereocenters. The summed E-state index contributed by atoms with van der Waals surface area (Å²) in [6.45, 7) is 6.14. The van der Waals surface area contributed by atoms with Gasteiger partial charge in [-0.05, 0) is 73.3 Å². The number of benzene rings is 2. The molecule has 0 fully saturated rings. The Kier molecular flexibility index (Phi) is 6.50. The first-order valence-electron chi connectivity index (χ1n) is 10.3. The number of aryl methyl sites for hydroxylation is 2. The fraction of sp³-hybridized carbons (Fsp3) is 0.417. The summed E-state index contributed by atoms with van der Waals surface area (Å²) < 4.78 is 0. The molecule has 0 aromatic heterocycles. The fourth-order valence-electron chi connectivity index (χ4n) is 3.81. The molecule has 0 aliphatic heterocycles. The lowest BCUT2D eigenvalue weighted by Crippen LogP contribution is -2.37. The van der Waals surface area contributed by atoms with Gasteiger partial charge in [-0.3, -0.25) is 9.59 Å². The minimum absolute atomic E-state index is 0.213. The predicted molar refractivity (Wildman–Crippen MR) is 113 cm³/mol. The van der Waals surface area contributed by atoms with Crippen LogP contribution in [0, 0.1) is 0 Å². The fourth-order valence-corrected chi connectivity index (χ4v) is 3.81. The van der Waals surface area contributed by atoms with Gasteiger partial charge >= 0.3 is 11.8 Å². The van der Waals surface area contributed by atoms with Crippen molar-refractivity contribution >= 4 is 17.5 Å². The zero-order valence-electron chi connectivity index (χ0n) is 17.0. The van der Waals surface area contributed by atoms with Crippen molar-refractivity contribution < 1.29 is 9.59 Å². The van der Waals surface area contributed by atoms with Crippen LogP contribution in [0.1, 0.15) is 74.2 Å². The van der Waals surface area contributed by atoms with Gasteiger partial charge in [0.15, 0.2) is 0 Å². The molecule has 2 aromatic rings. The Labute approximate surface area is 167 Å². The van der Waals surface area contributed by atoms with Crippen LogP contribution in [0.2, 0.25) is 0 Å². The van der Waals surface area contributed by atoms with E-state index in [4.69, 9.17) is 0 Å². The van der Waals surface area contributed by atoms with Gasteiger partial charge in [-0.15, -0.1) is 0 Å². The van der Waals surface area contributed by atoms with E-state index in [-0.39, 0.29) is 6.04 Å². The quantitative estimate of drug-likeness (QED) is 0.728. The Balaban J connectivity index is 1.65. The lowest BCUT2D eigenvalue weighted by molar-refractivity contribution is -0.136. The van der Waals surface area contributed by atoms with Crippen molar-refractivity contribution in [2.24, 2.45) is 0 Å². The van der Waals surface area contributed by atoms with Gasteiger partial charge in [0.25, 0.3) is 0 Å². The molecule has 1 aliphatic carbocycles. The van der Waals surface area contributed by atoms with Crippen molar-refractivity contribution in [3.8, 4) is 0 Å². The maximum absolute atomic E-state index is 12.5. The number of nitrogens with one attached hydrogen (secondary N) is 2. The van der Waals surface area contributed by atoms with E-state index in [2.05, 4.69) is 42.7 Å². The normalized spacial score (nSPS) is 15.2. The Morgan fingerprint density at radius 2 is 1.68 bits per heavy atom. The van der Waals surface area contributed by atoms with Crippen LogP contribution in [0.4, 0.5) is 5.69 Å². The van der Waals surface area contributed by atoms with E-state index in [0.29, 0.717) is 11.6 Å². The van der Waals surface area contributed by atoms with Crippen molar-refractivity contribution in [3.63, 3.8) is 0 Å². The van der Waals surface area contributed by atoms with Gasteiger partial charge in [0.1, 0.15) is 0 Å². The van der Waals surface area contributed by atoms with Crippen LogP contribution in [0.25, 0.3) is 0 Å². The van der Waals surface area contributed by atoms with Crippen LogP contribution in [-0.2, 0) is 22.4 Å². The predicted octanol–water partition coefficient (Wildman–Crippen LogP) is 4.89. The molecule has 1 aliphatic rings. The molecule has 2 aromatic carbocycles. The summed E-state index contributed by atoms with van der Waals surface area (Å²) in [6, 6.07) is 13.9. The molecule has 0 spiro atoms. The maximum atomic E-state index is 12.5. The zero-order chi connectivity index (χ0) is 20.1. The van der Waals surface area contributed by atoms with E-state index in [1.165, 1.54) is 24.0 Å². The smallest absolute Gasteiger partial charge is 0.313 e. The molecule has 0 saturated carbocycles. The third kappa shape index (κ3) is 4.61. The van der Waals surface area contributed by atoms with Gasteiger partial charge in [-0.2, -0.15) is 0 Å². The van der Waals surface area contributed by atoms with Crippen molar-refractivity contribution in [2.75, 3.05) is 5.32 Å². The van der Waals surface area contributed by atoms with Crippen molar-refractivity contribution in [2.45, 2.75) is 64.8 Å². The van der Waals surface area contributed by atoms with E-state index >= 15 is 0 Å². The Hall–Kier alpha value is -2.62. The largest absolute Gasteiger partial charge is 0.341 e. The number of anilines is 1. The van der Waals surface area contributed by atoms with Crippen LogP contribution < -0.4 is 10.6 Å². The standard InChI is InChI=1S/C24H30N2O2/c1-4-16(2)21-11-7-8-12-22(21)26-24(28)23(27)25-17(3)19-14-13-18-9-5-6-10-20(18)15-19/h7-8,11-17H,4-6,9-10H2,1-3H3,(H,25,27)(H,26,28). The van der Waals surface area contributed by atoms with E-state index in [9.17, 15) is 9.59 Å². The van der Waals surface area contributed by atoms with Gasteiger partial charge in [0.05, 0.1) is 6.04 Å². The molecule has 148 valence electrons. The molecule has 0 heterocycles. The van der Waals surface area contributed by atoms with E-state index in [1.807, 2.05) is 31.2 Å². The first-order valence-corrected chi connectivity index (χ1v) is 10.3. The van der Waals surface area contributed by atoms with E-state index < -0.39 is 11.8 Å². The highest BCUT2D eigenvalue weighted by atomic mass is 16.2. The number of hydrogen-bond acceptors (Lipinski definition) is 2. The van der Waals surface area contributed by atoms with Crippen LogP contribution in [0.15, 0.2) is 42.5 Å². The summed E-state index contributed by atoms with van der Waals surface area (Å²) in [5.74, 6) is -0.918. The number of carbonyl (C=O) groups is 2. The molecule has 2 N–H and O–H groups in total. The molecule has 2 unspecified atom stereocenters. The molecule has 28 heavy (non-hydrogen) atoms. The summed E-state index contributed by atoms with van der Waals surface area (Å²) >= 11 is 0. The lowest BCUT2D eigenvalue weighted by Gasteiger charge is -2.20. The molecule has 3 rings (SSSR count). The Bertz CT molecular complexity index is 859. The topological polar surface area (TPSA) is 58.2 Å². The lowest BCUT2D eigenvalue weighted by atomic mass is 9.89. The van der Waals surface area contributed by atoms with Gasteiger partial charge in [0, 0.05) is 5.69 Å². The third-order valence-electron chi connectivity index (χ3n) is 5.78. The monoisotopic (exact) mass is 378 g/mol. The highest BCUT2D eigenvalue weighted by Gasteiger charge is 2.20. The highest BCUT2D eigenvalue weighted by molar-refractivity contribution is 6.39. The second-order valence-electron chi connectivity index (χ2n) is 7.78. The molecule has 0 radical (unpaired) electrons. The first-order chi connectivity index (χ1) is 13.5. The van der Waals surface area contributed by atoms with E-state index in [1.54, 1.807) is 0 Å². The number of para-hydroxylation sites is 1. The average molecular weight is 379 g/mol. The van der Waals surface area contributed by atoms with Gasteiger partial charge in [0.2, 0.25) is 0 Å². The number of rotatable bonds is 5. The van der Waals surface area contributed by atoms with Gasteiger partial charge in [-0.1, -0.05) is 50.2 Å². The molecular formula is C24H30N2O2. The van der Waals surface area contributed by atoms with Crippen LogP contribution in [0.5, 0.6) is 0 Å². The van der Waals surface area contributed by atoms with Crippen molar-refractivity contribution in [1.29, 1.82) is 0 Å². The van der Waals surface area contributed by atoms with Crippen LogP contribution in [0.3, 0.4) is 0 Å². The van der Waals surface area contributed by atoms with Gasteiger partial charge in [-0.25, -0.2) is 0 Å². The third-order valence-corrected chi connectivity index (χ3v) is 5.78. The second-order valence-corrected chi connectivity index (χ2v) is 7.78. The molecular weight excluding hydrogens is 348 g/mol. The summed E-state index contributed by atoms with van der Waals surface area (Å²) in [5, 5.41) is 5.62. The molecule has 4 nitrogen and oxygen atoms in total. The Morgan fingerprint density at radius 1 is 0.964 bits per heavy atom. The zero-order valence-corrected chi connectivity index (χ0v) is 17.0. The summed E-state index contributed by atoms with van der Waals surface area (Å²) in [4.78, 5) is 24.9. The number of fused-ring (bicyclic) bond motifs is 1. The summed E-state index contributed by atoms with van der Waals surface area (Å²) in [7, 11) is 0. The average Bonchev–Trinajstić information content (AvgIpc) is 2.73. The van der Waals surface area contributed by atoms with E-state index in [0.717, 1.165) is 30.4 Å². The first kappa shape index (κ1) is 20.1. The Morgan fingerprint density at radius 3 is 2.43 bits per heavy atom. The van der Waals surface area contributed by atoms with Crippen LogP contribution in [-0.4, -0.2) is 11.8 Å². The van der Waals surface area contributed by atoms with Gasteiger partial charge < -0.3 is 10.6 Å². The summed E-state index contributed by atoms with van der Waals surface area (Å²) in [6.07, 6.45) is 5.66.